The SMILES string of the molecule is FC1(F)Oc2ccc(NCC#Cc3ccccc3)cc2O1. The van der Waals surface area contributed by atoms with Crippen molar-refractivity contribution in [1.29, 1.82) is 0 Å². The van der Waals surface area contributed by atoms with Crippen molar-refractivity contribution in [3.05, 3.63) is 54.1 Å². The van der Waals surface area contributed by atoms with Crippen molar-refractivity contribution in [3.8, 4) is 23.3 Å². The number of rotatable bonds is 2. The van der Waals surface area contributed by atoms with E-state index in [0.717, 1.165) is 5.56 Å². The molecule has 3 rings (SSSR count). The van der Waals surface area contributed by atoms with Gasteiger partial charge in [-0.25, -0.2) is 0 Å². The van der Waals surface area contributed by atoms with Crippen LogP contribution in [-0.2, 0) is 0 Å². The minimum absolute atomic E-state index is 0.0148. The van der Waals surface area contributed by atoms with Crippen molar-refractivity contribution in [2.45, 2.75) is 6.29 Å². The lowest BCUT2D eigenvalue weighted by molar-refractivity contribution is -0.286. The number of benzene rings is 2. The van der Waals surface area contributed by atoms with Gasteiger partial charge in [0.1, 0.15) is 0 Å². The molecule has 0 atom stereocenters. The van der Waals surface area contributed by atoms with Crippen molar-refractivity contribution in [3.63, 3.8) is 0 Å². The molecule has 0 radical (unpaired) electrons. The van der Waals surface area contributed by atoms with Gasteiger partial charge in [-0.3, -0.25) is 0 Å². The van der Waals surface area contributed by atoms with E-state index in [0.29, 0.717) is 12.2 Å². The standard InChI is InChI=1S/C16H11F2NO2/c17-16(18)20-14-9-8-13(11-15(14)21-16)19-10-4-7-12-5-2-1-3-6-12/h1-3,5-6,8-9,11,19H,10H2. The van der Waals surface area contributed by atoms with Crippen molar-refractivity contribution < 1.29 is 18.3 Å². The van der Waals surface area contributed by atoms with E-state index >= 15 is 0 Å². The third-order valence-electron chi connectivity index (χ3n) is 2.79. The first-order chi connectivity index (χ1) is 10.1. The molecule has 106 valence electrons. The second kappa shape index (κ2) is 5.33. The Morgan fingerprint density at radius 3 is 2.57 bits per heavy atom. The monoisotopic (exact) mass is 287 g/mol. The number of hydrogen-bond acceptors (Lipinski definition) is 3. The molecular formula is C16H11F2NO2. The van der Waals surface area contributed by atoms with Crippen LogP contribution in [0.25, 0.3) is 0 Å². The molecule has 0 saturated heterocycles. The van der Waals surface area contributed by atoms with Gasteiger partial charge in [0.25, 0.3) is 0 Å². The lowest BCUT2D eigenvalue weighted by atomic mass is 10.2. The van der Waals surface area contributed by atoms with Crippen LogP contribution in [0.5, 0.6) is 11.5 Å². The topological polar surface area (TPSA) is 30.5 Å². The summed E-state index contributed by atoms with van der Waals surface area (Å²) >= 11 is 0. The van der Waals surface area contributed by atoms with Gasteiger partial charge in [0.05, 0.1) is 6.54 Å². The van der Waals surface area contributed by atoms with E-state index in [1.807, 2.05) is 30.3 Å². The van der Waals surface area contributed by atoms with Crippen LogP contribution in [0.1, 0.15) is 5.56 Å². The molecule has 5 heteroatoms. The highest BCUT2D eigenvalue weighted by Crippen LogP contribution is 2.42. The van der Waals surface area contributed by atoms with Gasteiger partial charge in [0.15, 0.2) is 11.5 Å². The predicted molar refractivity (Wildman–Crippen MR) is 74.5 cm³/mol. The molecule has 0 amide bonds. The van der Waals surface area contributed by atoms with Crippen LogP contribution in [0.4, 0.5) is 14.5 Å². The fraction of sp³-hybridized carbons (Fsp3) is 0.125. The molecule has 1 aliphatic heterocycles. The van der Waals surface area contributed by atoms with Crippen LogP contribution in [-0.4, -0.2) is 12.8 Å². The highest BCUT2D eigenvalue weighted by Gasteiger charge is 2.43. The number of anilines is 1. The van der Waals surface area contributed by atoms with Crippen LogP contribution in [0, 0.1) is 11.8 Å². The molecule has 0 aromatic heterocycles. The molecule has 2 aromatic rings. The fourth-order valence-electron chi connectivity index (χ4n) is 1.87. The molecule has 1 heterocycles. The summed E-state index contributed by atoms with van der Waals surface area (Å²) < 4.78 is 34.5. The Balaban J connectivity index is 1.62. The third kappa shape index (κ3) is 3.23. The number of halogens is 2. The number of fused-ring (bicyclic) bond motifs is 1. The molecule has 21 heavy (non-hydrogen) atoms. The molecule has 1 N–H and O–H groups in total. The maximum Gasteiger partial charge on any atom is 0.586 e. The van der Waals surface area contributed by atoms with E-state index in [4.69, 9.17) is 0 Å². The largest absolute Gasteiger partial charge is 0.586 e. The number of alkyl halides is 2. The Labute approximate surface area is 120 Å². The molecule has 3 nitrogen and oxygen atoms in total. The Morgan fingerprint density at radius 1 is 1.00 bits per heavy atom. The van der Waals surface area contributed by atoms with Gasteiger partial charge in [-0.2, -0.15) is 0 Å². The highest BCUT2D eigenvalue weighted by molar-refractivity contribution is 5.56. The number of ether oxygens (including phenoxy) is 2. The van der Waals surface area contributed by atoms with Crippen molar-refractivity contribution in [2.24, 2.45) is 0 Å². The van der Waals surface area contributed by atoms with Crippen LogP contribution >= 0.6 is 0 Å². The van der Waals surface area contributed by atoms with E-state index in [9.17, 15) is 8.78 Å². The number of hydrogen-bond donors (Lipinski definition) is 1. The Bertz CT molecular complexity index is 705. The zero-order valence-electron chi connectivity index (χ0n) is 10.9. The van der Waals surface area contributed by atoms with Crippen molar-refractivity contribution >= 4 is 5.69 Å². The van der Waals surface area contributed by atoms with Gasteiger partial charge >= 0.3 is 6.29 Å². The minimum Gasteiger partial charge on any atom is -0.395 e. The predicted octanol–water partition coefficient (Wildman–Crippen LogP) is 3.47. The Hall–Kier alpha value is -2.74. The first kappa shape index (κ1) is 13.3. The van der Waals surface area contributed by atoms with Gasteiger partial charge in [0, 0.05) is 17.3 Å². The Kier molecular flexibility index (Phi) is 3.36. The Morgan fingerprint density at radius 2 is 1.76 bits per heavy atom. The summed E-state index contributed by atoms with van der Waals surface area (Å²) in [4.78, 5) is 0. The summed E-state index contributed by atoms with van der Waals surface area (Å²) in [6.45, 7) is 0.394. The number of nitrogens with one attached hydrogen (secondary N) is 1. The normalized spacial score (nSPS) is 14.2. The smallest absolute Gasteiger partial charge is 0.395 e. The average Bonchev–Trinajstić information content (AvgIpc) is 2.78. The first-order valence-corrected chi connectivity index (χ1v) is 6.30. The summed E-state index contributed by atoms with van der Waals surface area (Å²) in [5, 5.41) is 3.02. The molecule has 0 bridgehead atoms. The molecule has 0 fully saturated rings. The molecule has 0 aliphatic carbocycles. The maximum absolute atomic E-state index is 12.9. The second-order valence-corrected chi connectivity index (χ2v) is 4.35. The molecule has 0 saturated carbocycles. The second-order valence-electron chi connectivity index (χ2n) is 4.35. The lowest BCUT2D eigenvalue weighted by Crippen LogP contribution is -2.25. The average molecular weight is 287 g/mol. The molecule has 0 unspecified atom stereocenters. The minimum atomic E-state index is -3.59. The van der Waals surface area contributed by atoms with Crippen LogP contribution in [0.3, 0.4) is 0 Å². The molecular weight excluding hydrogens is 276 g/mol. The molecule has 0 spiro atoms. The van der Waals surface area contributed by atoms with E-state index in [1.54, 1.807) is 6.07 Å². The summed E-state index contributed by atoms with van der Waals surface area (Å²) in [5.41, 5.74) is 1.56. The molecule has 1 aliphatic rings. The summed E-state index contributed by atoms with van der Waals surface area (Å²) in [7, 11) is 0. The summed E-state index contributed by atoms with van der Waals surface area (Å²) in [5.74, 6) is 5.99. The van der Waals surface area contributed by atoms with Gasteiger partial charge < -0.3 is 14.8 Å². The quantitative estimate of drug-likeness (QED) is 0.858. The zero-order valence-corrected chi connectivity index (χ0v) is 10.9. The van der Waals surface area contributed by atoms with Gasteiger partial charge in [-0.15, -0.1) is 8.78 Å². The van der Waals surface area contributed by atoms with Crippen LogP contribution in [0.15, 0.2) is 48.5 Å². The van der Waals surface area contributed by atoms with E-state index in [-0.39, 0.29) is 11.5 Å². The zero-order chi connectivity index (χ0) is 14.7. The lowest BCUT2D eigenvalue weighted by Gasteiger charge is -2.04. The fourth-order valence-corrected chi connectivity index (χ4v) is 1.87. The van der Waals surface area contributed by atoms with Crippen molar-refractivity contribution in [2.75, 3.05) is 11.9 Å². The third-order valence-corrected chi connectivity index (χ3v) is 2.79. The van der Waals surface area contributed by atoms with E-state index in [1.165, 1.54) is 12.1 Å². The first-order valence-electron chi connectivity index (χ1n) is 6.30. The summed E-state index contributed by atoms with van der Waals surface area (Å²) in [6, 6.07) is 14.1. The highest BCUT2D eigenvalue weighted by atomic mass is 19.3. The van der Waals surface area contributed by atoms with E-state index in [2.05, 4.69) is 26.6 Å². The van der Waals surface area contributed by atoms with E-state index < -0.39 is 6.29 Å². The van der Waals surface area contributed by atoms with Gasteiger partial charge in [0.2, 0.25) is 0 Å². The van der Waals surface area contributed by atoms with Gasteiger partial charge in [-0.1, -0.05) is 30.0 Å². The summed E-state index contributed by atoms with van der Waals surface area (Å²) in [6.07, 6.45) is -3.59. The van der Waals surface area contributed by atoms with Crippen LogP contribution < -0.4 is 14.8 Å². The van der Waals surface area contributed by atoms with Gasteiger partial charge in [-0.05, 0) is 24.3 Å². The molecule has 2 aromatic carbocycles. The van der Waals surface area contributed by atoms with Crippen molar-refractivity contribution in [1.82, 2.24) is 0 Å². The van der Waals surface area contributed by atoms with Crippen LogP contribution in [0.2, 0.25) is 0 Å². The maximum atomic E-state index is 12.9.